The van der Waals surface area contributed by atoms with Crippen molar-refractivity contribution in [2.45, 2.75) is 38.5 Å². The number of carboxylic acids is 1. The number of hydrogen-bond donors (Lipinski definition) is 3. The van der Waals surface area contributed by atoms with Gasteiger partial charge in [0.15, 0.2) is 0 Å². The smallest absolute Gasteiger partial charge is 0.475 e. The van der Waals surface area contributed by atoms with Crippen LogP contribution in [0.25, 0.3) is 0 Å². The Bertz CT molecular complexity index is 1150. The van der Waals surface area contributed by atoms with Crippen LogP contribution >= 0.6 is 0 Å². The number of benzene rings is 2. The molecule has 1 aliphatic rings. The van der Waals surface area contributed by atoms with Crippen molar-refractivity contribution < 1.29 is 27.9 Å². The summed E-state index contributed by atoms with van der Waals surface area (Å²) in [5.41, 5.74) is 6.87. The van der Waals surface area contributed by atoms with Crippen LogP contribution in [0.3, 0.4) is 0 Å². The molecule has 1 amide bonds. The zero-order chi connectivity index (χ0) is 24.7. The standard InChI is InChI=1S/C23H23N3O.C2HF3O2/c1-16-4-2-7-21-20(16)8-9-22(21)25-15-17-5-3-6-19(14-17)26-23(27)18-10-12-24-13-11-18;3-2(4,5)1(6)7/h2-7,10-14,22,25H,8-9,15H2,1H3,(H,26,27);(H,6,7). The van der Waals surface area contributed by atoms with Crippen molar-refractivity contribution in [2.24, 2.45) is 0 Å². The number of amides is 1. The molecule has 1 aromatic heterocycles. The molecule has 1 atom stereocenters. The first-order valence-corrected chi connectivity index (χ1v) is 10.6. The minimum Gasteiger partial charge on any atom is -0.475 e. The topological polar surface area (TPSA) is 91.3 Å². The summed E-state index contributed by atoms with van der Waals surface area (Å²) < 4.78 is 31.7. The molecular formula is C25H24F3N3O3. The highest BCUT2D eigenvalue weighted by atomic mass is 19.4. The first kappa shape index (κ1) is 24.9. The normalized spacial score (nSPS) is 14.5. The lowest BCUT2D eigenvalue weighted by Crippen LogP contribution is -2.21. The van der Waals surface area contributed by atoms with Crippen LogP contribution in [0.4, 0.5) is 18.9 Å². The van der Waals surface area contributed by atoms with Gasteiger partial charge < -0.3 is 15.7 Å². The fourth-order valence-corrected chi connectivity index (χ4v) is 3.76. The third kappa shape index (κ3) is 6.64. The summed E-state index contributed by atoms with van der Waals surface area (Å²) in [7, 11) is 0. The second-order valence-electron chi connectivity index (χ2n) is 7.81. The Morgan fingerprint density at radius 3 is 2.44 bits per heavy atom. The third-order valence-corrected chi connectivity index (χ3v) is 5.43. The first-order chi connectivity index (χ1) is 16.1. The zero-order valence-electron chi connectivity index (χ0n) is 18.4. The van der Waals surface area contributed by atoms with E-state index in [1.165, 1.54) is 16.7 Å². The molecule has 0 bridgehead atoms. The van der Waals surface area contributed by atoms with Gasteiger partial charge in [-0.15, -0.1) is 0 Å². The Hall–Kier alpha value is -3.72. The fourth-order valence-electron chi connectivity index (χ4n) is 3.76. The molecule has 9 heteroatoms. The Morgan fingerprint density at radius 2 is 1.76 bits per heavy atom. The lowest BCUT2D eigenvalue weighted by molar-refractivity contribution is -0.192. The minimum atomic E-state index is -5.08. The van der Waals surface area contributed by atoms with Gasteiger partial charge in [-0.3, -0.25) is 9.78 Å². The highest BCUT2D eigenvalue weighted by Crippen LogP contribution is 2.33. The van der Waals surface area contributed by atoms with E-state index in [0.717, 1.165) is 30.6 Å². The number of rotatable bonds is 5. The van der Waals surface area contributed by atoms with Crippen LogP contribution in [0.2, 0.25) is 0 Å². The summed E-state index contributed by atoms with van der Waals surface area (Å²) in [6.07, 6.45) is 0.438. The van der Waals surface area contributed by atoms with E-state index >= 15 is 0 Å². The lowest BCUT2D eigenvalue weighted by Gasteiger charge is -2.15. The van der Waals surface area contributed by atoms with Crippen LogP contribution in [0.5, 0.6) is 0 Å². The summed E-state index contributed by atoms with van der Waals surface area (Å²) in [5.74, 6) is -2.88. The maximum absolute atomic E-state index is 12.3. The van der Waals surface area contributed by atoms with E-state index in [4.69, 9.17) is 9.90 Å². The maximum Gasteiger partial charge on any atom is 0.490 e. The average molecular weight is 471 g/mol. The van der Waals surface area contributed by atoms with Crippen molar-refractivity contribution in [2.75, 3.05) is 5.32 Å². The number of carbonyl (C=O) groups is 2. The Morgan fingerprint density at radius 1 is 1.09 bits per heavy atom. The SMILES string of the molecule is Cc1cccc2c1CCC2NCc1cccc(NC(=O)c2ccncc2)c1.O=C(O)C(F)(F)F. The van der Waals surface area contributed by atoms with E-state index in [-0.39, 0.29) is 5.91 Å². The number of aryl methyl sites for hydroxylation is 1. The number of hydrogen-bond acceptors (Lipinski definition) is 4. The Labute approximate surface area is 194 Å². The minimum absolute atomic E-state index is 0.122. The second kappa shape index (κ2) is 10.9. The molecule has 3 N–H and O–H groups in total. The van der Waals surface area contributed by atoms with Crippen LogP contribution in [-0.2, 0) is 17.8 Å². The number of fused-ring (bicyclic) bond motifs is 1. The van der Waals surface area contributed by atoms with Crippen molar-refractivity contribution in [3.63, 3.8) is 0 Å². The molecule has 34 heavy (non-hydrogen) atoms. The molecule has 1 aliphatic carbocycles. The predicted octanol–water partition coefficient (Wildman–Crippen LogP) is 5.05. The summed E-state index contributed by atoms with van der Waals surface area (Å²) in [6.45, 7) is 2.97. The molecular weight excluding hydrogens is 447 g/mol. The van der Waals surface area contributed by atoms with Gasteiger partial charge in [0.2, 0.25) is 0 Å². The van der Waals surface area contributed by atoms with Crippen LogP contribution in [0.1, 0.15) is 45.1 Å². The van der Waals surface area contributed by atoms with Crippen molar-refractivity contribution in [3.05, 3.63) is 94.8 Å². The number of pyridine rings is 1. The van der Waals surface area contributed by atoms with Crippen molar-refractivity contribution in [3.8, 4) is 0 Å². The molecule has 0 fully saturated rings. The van der Waals surface area contributed by atoms with Gasteiger partial charge in [0, 0.05) is 36.2 Å². The fraction of sp³-hybridized carbons (Fsp3) is 0.240. The van der Waals surface area contributed by atoms with Crippen molar-refractivity contribution >= 4 is 17.6 Å². The van der Waals surface area contributed by atoms with Crippen LogP contribution in [0, 0.1) is 6.92 Å². The van der Waals surface area contributed by atoms with E-state index in [0.29, 0.717) is 11.6 Å². The van der Waals surface area contributed by atoms with Gasteiger partial charge in [-0.05, 0) is 66.3 Å². The van der Waals surface area contributed by atoms with E-state index in [1.54, 1.807) is 24.5 Å². The Kier molecular flexibility index (Phi) is 8.01. The van der Waals surface area contributed by atoms with Gasteiger partial charge in [-0.1, -0.05) is 30.3 Å². The van der Waals surface area contributed by atoms with Crippen LogP contribution in [-0.4, -0.2) is 28.1 Å². The second-order valence-corrected chi connectivity index (χ2v) is 7.81. The summed E-state index contributed by atoms with van der Waals surface area (Å²) >= 11 is 0. The van der Waals surface area contributed by atoms with Gasteiger partial charge >= 0.3 is 12.1 Å². The summed E-state index contributed by atoms with van der Waals surface area (Å²) in [5, 5.41) is 13.8. The quantitative estimate of drug-likeness (QED) is 0.484. The van der Waals surface area contributed by atoms with Crippen LogP contribution in [0.15, 0.2) is 67.0 Å². The highest BCUT2D eigenvalue weighted by molar-refractivity contribution is 6.04. The number of nitrogens with one attached hydrogen (secondary N) is 2. The van der Waals surface area contributed by atoms with Gasteiger partial charge in [-0.2, -0.15) is 13.2 Å². The molecule has 0 aliphatic heterocycles. The third-order valence-electron chi connectivity index (χ3n) is 5.43. The molecule has 0 spiro atoms. The summed E-state index contributed by atoms with van der Waals surface area (Å²) in [4.78, 5) is 25.1. The molecule has 4 rings (SSSR count). The van der Waals surface area contributed by atoms with Gasteiger partial charge in [0.1, 0.15) is 0 Å². The van der Waals surface area contributed by atoms with Crippen molar-refractivity contribution in [1.82, 2.24) is 10.3 Å². The molecule has 0 saturated heterocycles. The Balaban J connectivity index is 0.000000406. The van der Waals surface area contributed by atoms with E-state index in [9.17, 15) is 18.0 Å². The highest BCUT2D eigenvalue weighted by Gasteiger charge is 2.38. The molecule has 3 aromatic rings. The van der Waals surface area contributed by atoms with E-state index in [2.05, 4.69) is 46.8 Å². The maximum atomic E-state index is 12.3. The predicted molar refractivity (Wildman–Crippen MR) is 121 cm³/mol. The molecule has 0 saturated carbocycles. The zero-order valence-corrected chi connectivity index (χ0v) is 18.4. The molecule has 2 aromatic carbocycles. The molecule has 1 unspecified atom stereocenters. The number of halogens is 3. The monoisotopic (exact) mass is 471 g/mol. The number of aliphatic carboxylic acids is 1. The largest absolute Gasteiger partial charge is 0.490 e. The van der Waals surface area contributed by atoms with Crippen LogP contribution < -0.4 is 10.6 Å². The van der Waals surface area contributed by atoms with E-state index < -0.39 is 12.1 Å². The molecule has 178 valence electrons. The molecule has 1 heterocycles. The van der Waals surface area contributed by atoms with Gasteiger partial charge in [0.25, 0.3) is 5.91 Å². The summed E-state index contributed by atoms with van der Waals surface area (Å²) in [6, 6.07) is 18.4. The number of anilines is 1. The number of nitrogens with zero attached hydrogens (tertiary/aromatic N) is 1. The first-order valence-electron chi connectivity index (χ1n) is 10.6. The number of alkyl halides is 3. The number of carboxylic acid groups (broad SMARTS) is 1. The van der Waals surface area contributed by atoms with E-state index in [1.807, 2.05) is 18.2 Å². The average Bonchev–Trinajstić information content (AvgIpc) is 3.23. The lowest BCUT2D eigenvalue weighted by atomic mass is 10.0. The number of carbonyl (C=O) groups excluding carboxylic acids is 1. The van der Waals surface area contributed by atoms with Gasteiger partial charge in [-0.25, -0.2) is 4.79 Å². The molecule has 0 radical (unpaired) electrons. The van der Waals surface area contributed by atoms with Crippen molar-refractivity contribution in [1.29, 1.82) is 0 Å². The van der Waals surface area contributed by atoms with Gasteiger partial charge in [0.05, 0.1) is 0 Å². The molecule has 6 nitrogen and oxygen atoms in total. The number of aromatic nitrogens is 1.